The van der Waals surface area contributed by atoms with Crippen molar-refractivity contribution >= 4 is 34.8 Å². The van der Waals surface area contributed by atoms with Crippen molar-refractivity contribution < 1.29 is 14.4 Å². The largest absolute Gasteiger partial charge is 0.505 e. The zero-order valence-corrected chi connectivity index (χ0v) is 9.79. The number of aromatic nitrogens is 1. The van der Waals surface area contributed by atoms with Crippen molar-refractivity contribution in [1.29, 1.82) is 0 Å². The van der Waals surface area contributed by atoms with Gasteiger partial charge in [-0.25, -0.2) is 0 Å². The Labute approximate surface area is 106 Å². The van der Waals surface area contributed by atoms with E-state index in [2.05, 4.69) is 15.0 Å². The van der Waals surface area contributed by atoms with Crippen molar-refractivity contribution in [3.05, 3.63) is 40.2 Å². The lowest BCUT2D eigenvalue weighted by Gasteiger charge is -2.06. The van der Waals surface area contributed by atoms with E-state index < -0.39 is 5.91 Å². The maximum atomic E-state index is 11.6. The zero-order valence-electron chi connectivity index (χ0n) is 8.28. The van der Waals surface area contributed by atoms with E-state index in [9.17, 15) is 9.90 Å². The van der Waals surface area contributed by atoms with Crippen LogP contribution in [0.4, 0.5) is 5.69 Å². The third kappa shape index (κ3) is 2.51. The number of carbonyl (C=O) groups excluding carboxylic acids is 1. The number of aromatic hydroxyl groups is 1. The fourth-order valence-electron chi connectivity index (χ4n) is 1.16. The second-order valence-corrected chi connectivity index (χ2v) is 3.94. The number of phenols is 1. The van der Waals surface area contributed by atoms with Crippen LogP contribution in [0.3, 0.4) is 0 Å². The van der Waals surface area contributed by atoms with Crippen LogP contribution in [0.15, 0.2) is 29.0 Å². The van der Waals surface area contributed by atoms with Gasteiger partial charge in [0.25, 0.3) is 5.91 Å². The lowest BCUT2D eigenvalue weighted by Crippen LogP contribution is -2.12. The number of carbonyl (C=O) groups is 1. The topological polar surface area (TPSA) is 75.4 Å². The molecule has 0 unspecified atom stereocenters. The number of nitrogens with zero attached hydrogens (tertiary/aromatic N) is 1. The van der Waals surface area contributed by atoms with Crippen LogP contribution in [-0.2, 0) is 0 Å². The molecule has 7 heteroatoms. The minimum atomic E-state index is -0.462. The molecule has 1 heterocycles. The van der Waals surface area contributed by atoms with Gasteiger partial charge in [-0.05, 0) is 12.1 Å². The number of amides is 1. The van der Waals surface area contributed by atoms with Gasteiger partial charge in [0.1, 0.15) is 6.26 Å². The van der Waals surface area contributed by atoms with Gasteiger partial charge in [-0.3, -0.25) is 4.79 Å². The van der Waals surface area contributed by atoms with Crippen LogP contribution < -0.4 is 5.32 Å². The molecule has 17 heavy (non-hydrogen) atoms. The summed E-state index contributed by atoms with van der Waals surface area (Å²) in [6, 6.07) is 4.17. The van der Waals surface area contributed by atoms with Crippen LogP contribution in [0.1, 0.15) is 10.5 Å². The van der Waals surface area contributed by atoms with Crippen molar-refractivity contribution in [2.75, 3.05) is 5.32 Å². The summed E-state index contributed by atoms with van der Waals surface area (Å²) >= 11 is 11.4. The highest BCUT2D eigenvalue weighted by molar-refractivity contribution is 6.37. The Morgan fingerprint density at radius 3 is 2.53 bits per heavy atom. The van der Waals surface area contributed by atoms with Gasteiger partial charge < -0.3 is 14.9 Å². The fraction of sp³-hybridized carbons (Fsp3) is 0. The average molecular weight is 273 g/mol. The molecule has 2 rings (SSSR count). The highest BCUT2D eigenvalue weighted by Gasteiger charge is 2.12. The monoisotopic (exact) mass is 272 g/mol. The minimum Gasteiger partial charge on any atom is -0.505 e. The number of phenolic OH excluding ortho intramolecular Hbond substituents is 1. The summed E-state index contributed by atoms with van der Waals surface area (Å²) in [7, 11) is 0. The van der Waals surface area contributed by atoms with Gasteiger partial charge in [0.05, 0.1) is 10.0 Å². The van der Waals surface area contributed by atoms with Gasteiger partial charge >= 0.3 is 0 Å². The summed E-state index contributed by atoms with van der Waals surface area (Å²) in [5.41, 5.74) is 0.483. The van der Waals surface area contributed by atoms with E-state index >= 15 is 0 Å². The summed E-state index contributed by atoms with van der Waals surface area (Å²) in [6.07, 6.45) is 1.28. The van der Waals surface area contributed by atoms with Gasteiger partial charge in [0, 0.05) is 11.8 Å². The van der Waals surface area contributed by atoms with E-state index in [4.69, 9.17) is 23.2 Å². The summed E-state index contributed by atoms with van der Waals surface area (Å²) < 4.78 is 4.54. The third-order valence-corrected chi connectivity index (χ3v) is 2.52. The van der Waals surface area contributed by atoms with E-state index in [-0.39, 0.29) is 21.5 Å². The number of benzene rings is 1. The molecule has 1 aromatic carbocycles. The normalized spacial score (nSPS) is 10.2. The fourth-order valence-corrected chi connectivity index (χ4v) is 1.65. The number of hydrogen-bond acceptors (Lipinski definition) is 4. The van der Waals surface area contributed by atoms with Crippen LogP contribution in [0.5, 0.6) is 5.75 Å². The Morgan fingerprint density at radius 1 is 1.35 bits per heavy atom. The molecule has 1 aromatic heterocycles. The molecule has 0 fully saturated rings. The van der Waals surface area contributed by atoms with Crippen LogP contribution in [0.25, 0.3) is 0 Å². The van der Waals surface area contributed by atoms with Gasteiger partial charge in [-0.1, -0.05) is 28.4 Å². The molecule has 0 atom stereocenters. The van der Waals surface area contributed by atoms with Crippen LogP contribution >= 0.6 is 23.2 Å². The van der Waals surface area contributed by atoms with E-state index in [0.717, 1.165) is 0 Å². The number of nitrogens with one attached hydrogen (secondary N) is 1. The summed E-state index contributed by atoms with van der Waals surface area (Å²) in [6.45, 7) is 0. The van der Waals surface area contributed by atoms with E-state index in [1.54, 1.807) is 0 Å². The maximum absolute atomic E-state index is 11.6. The summed E-state index contributed by atoms with van der Waals surface area (Å²) in [4.78, 5) is 11.6. The molecule has 0 saturated carbocycles. The smallest absolute Gasteiger partial charge is 0.277 e. The number of rotatable bonds is 2. The average Bonchev–Trinajstić information content (AvgIpc) is 2.79. The van der Waals surface area contributed by atoms with Gasteiger partial charge in [0.2, 0.25) is 0 Å². The quantitative estimate of drug-likeness (QED) is 0.825. The van der Waals surface area contributed by atoms with Crippen LogP contribution in [-0.4, -0.2) is 16.2 Å². The molecule has 5 nitrogen and oxygen atoms in total. The first kappa shape index (κ1) is 11.8. The predicted molar refractivity (Wildman–Crippen MR) is 62.6 cm³/mol. The minimum absolute atomic E-state index is 0.0490. The molecule has 88 valence electrons. The number of anilines is 1. The number of halogens is 2. The molecular formula is C10H6Cl2N2O3. The standard InChI is InChI=1S/C10H6Cl2N2O3/c11-6-3-5(4-7(12)9(6)15)13-10(16)8-1-2-17-14-8/h1-4,15H,(H,13,16). The molecule has 2 aromatic rings. The Bertz CT molecular complexity index is 532. The lowest BCUT2D eigenvalue weighted by atomic mass is 10.3. The Kier molecular flexibility index (Phi) is 3.21. The molecule has 1 amide bonds. The van der Waals surface area contributed by atoms with Gasteiger partial charge in [-0.15, -0.1) is 0 Å². The van der Waals surface area contributed by atoms with Crippen LogP contribution in [0.2, 0.25) is 10.0 Å². The molecule has 0 aliphatic carbocycles. The molecule has 0 aliphatic heterocycles. The first-order chi connectivity index (χ1) is 8.08. The third-order valence-electron chi connectivity index (χ3n) is 1.95. The molecule has 0 saturated heterocycles. The van der Waals surface area contributed by atoms with Gasteiger partial charge in [-0.2, -0.15) is 0 Å². The highest BCUT2D eigenvalue weighted by Crippen LogP contribution is 2.34. The lowest BCUT2D eigenvalue weighted by molar-refractivity contribution is 0.101. The van der Waals surface area contributed by atoms with Crippen molar-refractivity contribution in [3.8, 4) is 5.75 Å². The first-order valence-corrected chi connectivity index (χ1v) is 5.23. The van der Waals surface area contributed by atoms with Crippen molar-refractivity contribution in [2.24, 2.45) is 0 Å². The summed E-state index contributed by atoms with van der Waals surface area (Å²) in [5, 5.41) is 15.4. The van der Waals surface area contributed by atoms with Crippen LogP contribution in [0, 0.1) is 0 Å². The van der Waals surface area contributed by atoms with E-state index in [0.29, 0.717) is 5.69 Å². The molecular weight excluding hydrogens is 267 g/mol. The SMILES string of the molecule is O=C(Nc1cc(Cl)c(O)c(Cl)c1)c1ccon1. The second kappa shape index (κ2) is 4.65. The molecule has 0 bridgehead atoms. The van der Waals surface area contributed by atoms with Gasteiger partial charge in [0.15, 0.2) is 11.4 Å². The Morgan fingerprint density at radius 2 is 2.00 bits per heavy atom. The first-order valence-electron chi connectivity index (χ1n) is 4.47. The highest BCUT2D eigenvalue weighted by atomic mass is 35.5. The zero-order chi connectivity index (χ0) is 12.4. The van der Waals surface area contributed by atoms with E-state index in [1.807, 2.05) is 0 Å². The maximum Gasteiger partial charge on any atom is 0.277 e. The molecule has 2 N–H and O–H groups in total. The Hall–Kier alpha value is -1.72. The Balaban J connectivity index is 2.22. The van der Waals surface area contributed by atoms with Crippen molar-refractivity contribution in [2.45, 2.75) is 0 Å². The number of hydrogen-bond donors (Lipinski definition) is 2. The predicted octanol–water partition coefficient (Wildman–Crippen LogP) is 2.94. The van der Waals surface area contributed by atoms with Crippen molar-refractivity contribution in [3.63, 3.8) is 0 Å². The molecule has 0 radical (unpaired) electrons. The second-order valence-electron chi connectivity index (χ2n) is 3.13. The van der Waals surface area contributed by atoms with Crippen molar-refractivity contribution in [1.82, 2.24) is 5.16 Å². The molecule has 0 aliphatic rings. The van der Waals surface area contributed by atoms with E-state index in [1.165, 1.54) is 24.5 Å². The molecule has 0 spiro atoms. The summed E-state index contributed by atoms with van der Waals surface area (Å²) in [5.74, 6) is -0.690.